The Bertz CT molecular complexity index is 801. The largest absolute Gasteiger partial charge is 0.379 e. The van der Waals surface area contributed by atoms with Crippen LogP contribution in [-0.4, -0.2) is 66.0 Å². The third-order valence-electron chi connectivity index (χ3n) is 5.30. The Hall–Kier alpha value is -1.29. The van der Waals surface area contributed by atoms with E-state index in [0.29, 0.717) is 45.9 Å². The van der Waals surface area contributed by atoms with E-state index in [0.717, 1.165) is 18.5 Å². The molecule has 1 aromatic rings. The molecule has 0 radical (unpaired) electrons. The molecule has 0 amide bonds. The van der Waals surface area contributed by atoms with Gasteiger partial charge in [-0.1, -0.05) is 20.8 Å². The molecule has 9 heteroatoms. The molecule has 3 heterocycles. The Labute approximate surface area is 161 Å². The van der Waals surface area contributed by atoms with E-state index in [-0.39, 0.29) is 16.9 Å². The lowest BCUT2D eigenvalue weighted by molar-refractivity contribution is 0.0692. The molecule has 2 aliphatic rings. The fourth-order valence-corrected chi connectivity index (χ4v) is 5.12. The fourth-order valence-electron chi connectivity index (χ4n) is 3.51. The quantitative estimate of drug-likeness (QED) is 0.750. The molecule has 8 nitrogen and oxygen atoms in total. The molecule has 0 unspecified atom stereocenters. The van der Waals surface area contributed by atoms with Crippen LogP contribution in [0.1, 0.15) is 39.3 Å². The molecule has 27 heavy (non-hydrogen) atoms. The highest BCUT2D eigenvalue weighted by atomic mass is 32.2. The summed E-state index contributed by atoms with van der Waals surface area (Å²) in [4.78, 5) is 16.8. The fraction of sp³-hybridized carbons (Fsp3) is 0.778. The van der Waals surface area contributed by atoms with Gasteiger partial charge in [-0.15, -0.1) is 0 Å². The van der Waals surface area contributed by atoms with Crippen molar-refractivity contribution in [1.82, 2.24) is 18.2 Å². The van der Waals surface area contributed by atoms with Gasteiger partial charge in [0.25, 0.3) is 15.8 Å². The minimum absolute atomic E-state index is 0.0432. The van der Waals surface area contributed by atoms with Gasteiger partial charge in [0.2, 0.25) is 0 Å². The van der Waals surface area contributed by atoms with Crippen molar-refractivity contribution in [2.24, 2.45) is 5.92 Å². The van der Waals surface area contributed by atoms with Crippen molar-refractivity contribution in [1.29, 1.82) is 0 Å². The third-order valence-corrected chi connectivity index (χ3v) is 7.33. The van der Waals surface area contributed by atoms with Gasteiger partial charge in [-0.25, -0.2) is 4.98 Å². The average molecular weight is 399 g/mol. The number of hydrogen-bond donors (Lipinski definition) is 0. The van der Waals surface area contributed by atoms with Crippen LogP contribution in [0.4, 0.5) is 0 Å². The number of nitrogens with zero attached hydrogens (tertiary/aromatic N) is 4. The first-order valence-corrected chi connectivity index (χ1v) is 11.0. The highest BCUT2D eigenvalue weighted by Gasteiger charge is 2.33. The summed E-state index contributed by atoms with van der Waals surface area (Å²) in [5.41, 5.74) is 0.589. The van der Waals surface area contributed by atoms with Crippen molar-refractivity contribution in [2.45, 2.75) is 45.6 Å². The van der Waals surface area contributed by atoms with Crippen LogP contribution in [-0.2, 0) is 26.9 Å². The SMILES string of the molecule is CC(C)(C)c1cc(=O)n(CC2CCN(S(=O)(=O)N3CCOCC3)CC2)cn1. The molecule has 152 valence electrons. The number of piperidine rings is 1. The molecule has 0 aliphatic carbocycles. The summed E-state index contributed by atoms with van der Waals surface area (Å²) in [6.45, 7) is 9.41. The lowest BCUT2D eigenvalue weighted by Gasteiger charge is -2.36. The summed E-state index contributed by atoms with van der Waals surface area (Å²) in [5.74, 6) is 0.279. The Kier molecular flexibility index (Phi) is 6.05. The predicted octanol–water partition coefficient (Wildman–Crippen LogP) is 0.830. The van der Waals surface area contributed by atoms with Crippen molar-refractivity contribution in [2.75, 3.05) is 39.4 Å². The van der Waals surface area contributed by atoms with Gasteiger partial charge in [0.1, 0.15) is 0 Å². The molecule has 2 aliphatic heterocycles. The molecule has 0 aromatic carbocycles. The maximum Gasteiger partial charge on any atom is 0.282 e. The molecular weight excluding hydrogens is 368 g/mol. The molecule has 2 saturated heterocycles. The van der Waals surface area contributed by atoms with Crippen molar-refractivity contribution in [3.63, 3.8) is 0 Å². The first-order chi connectivity index (χ1) is 12.7. The van der Waals surface area contributed by atoms with Gasteiger partial charge in [-0.05, 0) is 18.8 Å². The van der Waals surface area contributed by atoms with Crippen LogP contribution in [0.5, 0.6) is 0 Å². The summed E-state index contributed by atoms with van der Waals surface area (Å²) in [5, 5.41) is 0. The van der Waals surface area contributed by atoms with Gasteiger partial charge < -0.3 is 4.74 Å². The van der Waals surface area contributed by atoms with Crippen LogP contribution in [0.3, 0.4) is 0 Å². The van der Waals surface area contributed by atoms with E-state index in [1.54, 1.807) is 21.3 Å². The highest BCUT2D eigenvalue weighted by Crippen LogP contribution is 2.23. The molecule has 1 aromatic heterocycles. The van der Waals surface area contributed by atoms with Gasteiger partial charge in [-0.3, -0.25) is 9.36 Å². The van der Waals surface area contributed by atoms with E-state index in [9.17, 15) is 13.2 Å². The molecule has 0 atom stereocenters. The second-order valence-electron chi connectivity index (χ2n) is 8.38. The summed E-state index contributed by atoms with van der Waals surface area (Å²) in [6, 6.07) is 1.61. The lowest BCUT2D eigenvalue weighted by atomic mass is 9.92. The van der Waals surface area contributed by atoms with E-state index in [1.165, 1.54) is 4.31 Å². The highest BCUT2D eigenvalue weighted by molar-refractivity contribution is 7.86. The predicted molar refractivity (Wildman–Crippen MR) is 103 cm³/mol. The van der Waals surface area contributed by atoms with Crippen LogP contribution in [0.2, 0.25) is 0 Å². The number of rotatable bonds is 4. The summed E-state index contributed by atoms with van der Waals surface area (Å²) < 4.78 is 35.4. The molecule has 0 bridgehead atoms. The zero-order valence-corrected chi connectivity index (χ0v) is 17.2. The van der Waals surface area contributed by atoms with Gasteiger partial charge in [0.05, 0.1) is 25.2 Å². The van der Waals surface area contributed by atoms with Crippen molar-refractivity contribution >= 4 is 10.2 Å². The van der Waals surface area contributed by atoms with E-state index in [1.807, 2.05) is 20.8 Å². The standard InChI is InChI=1S/C18H30N4O4S/c1-18(2,3)16-12-17(23)20(14-19-16)13-15-4-6-21(7-5-15)27(24,25)22-8-10-26-11-9-22/h12,14-15H,4-11,13H2,1-3H3. The number of ether oxygens (including phenoxy) is 1. The Balaban J connectivity index is 1.59. The summed E-state index contributed by atoms with van der Waals surface area (Å²) in [7, 11) is -3.41. The van der Waals surface area contributed by atoms with Crippen LogP contribution in [0, 0.1) is 5.92 Å². The van der Waals surface area contributed by atoms with Crippen LogP contribution in [0.15, 0.2) is 17.2 Å². The third kappa shape index (κ3) is 4.77. The average Bonchev–Trinajstić information content (AvgIpc) is 2.64. The van der Waals surface area contributed by atoms with E-state index in [4.69, 9.17) is 4.74 Å². The van der Waals surface area contributed by atoms with Crippen LogP contribution < -0.4 is 5.56 Å². The van der Waals surface area contributed by atoms with Crippen molar-refractivity contribution in [3.05, 3.63) is 28.4 Å². The molecule has 2 fully saturated rings. The number of hydrogen-bond acceptors (Lipinski definition) is 5. The van der Waals surface area contributed by atoms with Crippen LogP contribution >= 0.6 is 0 Å². The zero-order valence-electron chi connectivity index (χ0n) is 16.4. The van der Waals surface area contributed by atoms with E-state index >= 15 is 0 Å². The van der Waals surface area contributed by atoms with Crippen molar-refractivity contribution < 1.29 is 13.2 Å². The number of morpholine rings is 1. The molecule has 0 N–H and O–H groups in total. The minimum Gasteiger partial charge on any atom is -0.379 e. The second-order valence-corrected chi connectivity index (χ2v) is 10.3. The van der Waals surface area contributed by atoms with Gasteiger partial charge in [0, 0.05) is 44.2 Å². The maximum atomic E-state index is 12.7. The Morgan fingerprint density at radius 1 is 1.11 bits per heavy atom. The lowest BCUT2D eigenvalue weighted by Crippen LogP contribution is -2.51. The van der Waals surface area contributed by atoms with Crippen LogP contribution in [0.25, 0.3) is 0 Å². The van der Waals surface area contributed by atoms with Crippen molar-refractivity contribution in [3.8, 4) is 0 Å². The molecular formula is C18H30N4O4S. The normalized spacial score (nSPS) is 21.4. The topological polar surface area (TPSA) is 84.7 Å². The smallest absolute Gasteiger partial charge is 0.282 e. The molecule has 0 spiro atoms. The van der Waals surface area contributed by atoms with Gasteiger partial charge >= 0.3 is 0 Å². The van der Waals surface area contributed by atoms with E-state index < -0.39 is 10.2 Å². The number of aromatic nitrogens is 2. The Morgan fingerprint density at radius 2 is 1.70 bits per heavy atom. The van der Waals surface area contributed by atoms with Gasteiger partial charge in [0.15, 0.2) is 0 Å². The first kappa shape index (κ1) is 20.4. The maximum absolute atomic E-state index is 12.7. The second kappa shape index (κ2) is 7.98. The summed E-state index contributed by atoms with van der Waals surface area (Å²) >= 11 is 0. The van der Waals surface area contributed by atoms with Gasteiger partial charge in [-0.2, -0.15) is 17.0 Å². The van der Waals surface area contributed by atoms with E-state index in [2.05, 4.69) is 4.98 Å². The zero-order chi connectivity index (χ0) is 19.7. The monoisotopic (exact) mass is 398 g/mol. The first-order valence-electron chi connectivity index (χ1n) is 9.58. The molecule has 0 saturated carbocycles. The minimum atomic E-state index is -3.41. The Morgan fingerprint density at radius 3 is 2.26 bits per heavy atom. The summed E-state index contributed by atoms with van der Waals surface area (Å²) in [6.07, 6.45) is 3.12. The molecule has 3 rings (SSSR count).